The number of rotatable bonds is 4. The highest BCUT2D eigenvalue weighted by atomic mass is 35.5. The van der Waals surface area contributed by atoms with E-state index in [9.17, 15) is 14.3 Å². The Balaban J connectivity index is 2.14. The molecule has 1 heterocycles. The standard InChI is InChI=1S/C18H16Cl2FNO2/c19-14-7-2-6-13(16(14)20)17(11-4-1-5-12(21)10-11)22-9-3-8-15(22)18(23)24/h1-2,4-7,10,15,17H,3,8-9H2,(H,23,24). The van der Waals surface area contributed by atoms with Crippen LogP contribution in [0.5, 0.6) is 0 Å². The Morgan fingerprint density at radius 3 is 2.71 bits per heavy atom. The van der Waals surface area contributed by atoms with Gasteiger partial charge >= 0.3 is 5.97 Å². The van der Waals surface area contributed by atoms with E-state index < -0.39 is 18.1 Å². The van der Waals surface area contributed by atoms with Gasteiger partial charge in [0.2, 0.25) is 0 Å². The van der Waals surface area contributed by atoms with Crippen molar-refractivity contribution in [1.29, 1.82) is 0 Å². The first-order valence-corrected chi connectivity index (χ1v) is 8.42. The van der Waals surface area contributed by atoms with E-state index in [-0.39, 0.29) is 5.82 Å². The van der Waals surface area contributed by atoms with Crippen molar-refractivity contribution in [2.24, 2.45) is 0 Å². The largest absolute Gasteiger partial charge is 0.480 e. The minimum atomic E-state index is -0.882. The first-order chi connectivity index (χ1) is 11.5. The number of hydrogen-bond donors (Lipinski definition) is 1. The SMILES string of the molecule is O=C(O)C1CCCN1C(c1cccc(F)c1)c1cccc(Cl)c1Cl. The molecule has 1 N–H and O–H groups in total. The third-order valence-electron chi connectivity index (χ3n) is 4.35. The van der Waals surface area contributed by atoms with Crippen molar-refractivity contribution in [3.63, 3.8) is 0 Å². The lowest BCUT2D eigenvalue weighted by molar-refractivity contribution is -0.142. The van der Waals surface area contributed by atoms with Gasteiger partial charge in [-0.15, -0.1) is 0 Å². The van der Waals surface area contributed by atoms with Crippen LogP contribution in [0.15, 0.2) is 42.5 Å². The molecule has 0 spiro atoms. The number of carbonyl (C=O) groups is 1. The number of nitrogens with zero attached hydrogens (tertiary/aromatic N) is 1. The number of halogens is 3. The highest BCUT2D eigenvalue weighted by molar-refractivity contribution is 6.42. The fraction of sp³-hybridized carbons (Fsp3) is 0.278. The molecule has 6 heteroatoms. The molecule has 1 saturated heterocycles. The van der Waals surface area contributed by atoms with Gasteiger partial charge in [-0.2, -0.15) is 0 Å². The normalized spacial score (nSPS) is 19.4. The summed E-state index contributed by atoms with van der Waals surface area (Å²) in [6.07, 6.45) is 1.32. The van der Waals surface area contributed by atoms with Gasteiger partial charge in [0.1, 0.15) is 11.9 Å². The highest BCUT2D eigenvalue weighted by Crippen LogP contribution is 2.40. The maximum absolute atomic E-state index is 13.8. The Bertz CT molecular complexity index is 768. The summed E-state index contributed by atoms with van der Waals surface area (Å²) in [5.41, 5.74) is 1.34. The van der Waals surface area contributed by atoms with Gasteiger partial charge in [-0.1, -0.05) is 47.5 Å². The van der Waals surface area contributed by atoms with Gasteiger partial charge in [0.25, 0.3) is 0 Å². The smallest absolute Gasteiger partial charge is 0.320 e. The third kappa shape index (κ3) is 3.27. The molecule has 0 radical (unpaired) electrons. The summed E-state index contributed by atoms with van der Waals surface area (Å²) >= 11 is 12.5. The van der Waals surface area contributed by atoms with E-state index in [4.69, 9.17) is 23.2 Å². The number of carboxylic acid groups (broad SMARTS) is 1. The Hall–Kier alpha value is -1.62. The highest BCUT2D eigenvalue weighted by Gasteiger charge is 2.37. The fourth-order valence-corrected chi connectivity index (χ4v) is 3.73. The van der Waals surface area contributed by atoms with Crippen LogP contribution in [0.1, 0.15) is 30.0 Å². The van der Waals surface area contributed by atoms with Crippen LogP contribution in [0.3, 0.4) is 0 Å². The van der Waals surface area contributed by atoms with Crippen LogP contribution in [-0.2, 0) is 4.79 Å². The van der Waals surface area contributed by atoms with E-state index in [0.717, 1.165) is 6.42 Å². The molecule has 0 aromatic heterocycles. The van der Waals surface area contributed by atoms with Crippen molar-refractivity contribution in [2.75, 3.05) is 6.54 Å². The number of carboxylic acids is 1. The van der Waals surface area contributed by atoms with Crippen LogP contribution >= 0.6 is 23.2 Å². The first-order valence-electron chi connectivity index (χ1n) is 7.67. The van der Waals surface area contributed by atoms with Gasteiger partial charge in [0.15, 0.2) is 0 Å². The number of aliphatic carboxylic acids is 1. The van der Waals surface area contributed by atoms with Crippen LogP contribution < -0.4 is 0 Å². The van der Waals surface area contributed by atoms with Crippen LogP contribution in [0.4, 0.5) is 4.39 Å². The average Bonchev–Trinajstić information content (AvgIpc) is 3.01. The van der Waals surface area contributed by atoms with E-state index in [1.54, 1.807) is 30.3 Å². The Labute approximate surface area is 149 Å². The molecule has 2 atom stereocenters. The molecule has 0 amide bonds. The Kier molecular flexibility index (Phi) is 5.09. The van der Waals surface area contributed by atoms with Gasteiger partial charge in [0.05, 0.1) is 16.1 Å². The quantitative estimate of drug-likeness (QED) is 0.845. The summed E-state index contributed by atoms with van der Waals surface area (Å²) in [7, 11) is 0. The molecule has 2 unspecified atom stereocenters. The fourth-order valence-electron chi connectivity index (χ4n) is 3.32. The Morgan fingerprint density at radius 2 is 2.00 bits per heavy atom. The minimum absolute atomic E-state index is 0.365. The van der Waals surface area contributed by atoms with Crippen molar-refractivity contribution in [1.82, 2.24) is 4.90 Å². The predicted octanol–water partition coefficient (Wildman–Crippen LogP) is 4.77. The van der Waals surface area contributed by atoms with Crippen LogP contribution in [0, 0.1) is 5.82 Å². The molecule has 24 heavy (non-hydrogen) atoms. The summed E-state index contributed by atoms with van der Waals surface area (Å²) in [4.78, 5) is 13.5. The molecule has 2 aromatic carbocycles. The first kappa shape index (κ1) is 17.2. The molecule has 1 fully saturated rings. The molecule has 1 aliphatic heterocycles. The third-order valence-corrected chi connectivity index (χ3v) is 5.18. The molecule has 0 saturated carbocycles. The summed E-state index contributed by atoms with van der Waals surface area (Å²) in [6, 6.07) is 10.3. The Morgan fingerprint density at radius 1 is 1.25 bits per heavy atom. The zero-order valence-corrected chi connectivity index (χ0v) is 14.3. The second-order valence-electron chi connectivity index (χ2n) is 5.83. The van der Waals surface area contributed by atoms with Crippen molar-refractivity contribution >= 4 is 29.2 Å². The lowest BCUT2D eigenvalue weighted by atomic mass is 9.96. The van der Waals surface area contributed by atoms with Gasteiger partial charge < -0.3 is 5.11 Å². The molecule has 3 nitrogen and oxygen atoms in total. The molecule has 2 aromatic rings. The number of likely N-dealkylation sites (tertiary alicyclic amines) is 1. The minimum Gasteiger partial charge on any atom is -0.480 e. The number of hydrogen-bond acceptors (Lipinski definition) is 2. The van der Waals surface area contributed by atoms with E-state index in [2.05, 4.69) is 0 Å². The monoisotopic (exact) mass is 367 g/mol. The molecule has 126 valence electrons. The van der Waals surface area contributed by atoms with E-state index >= 15 is 0 Å². The molecule has 3 rings (SSSR count). The molecular formula is C18H16Cl2FNO2. The average molecular weight is 368 g/mol. The maximum Gasteiger partial charge on any atom is 0.320 e. The van der Waals surface area contributed by atoms with Gasteiger partial charge in [-0.05, 0) is 42.2 Å². The summed E-state index contributed by atoms with van der Waals surface area (Å²) in [5, 5.41) is 10.3. The summed E-state index contributed by atoms with van der Waals surface area (Å²) in [5.74, 6) is -1.26. The number of benzene rings is 2. The second-order valence-corrected chi connectivity index (χ2v) is 6.62. The van der Waals surface area contributed by atoms with Gasteiger partial charge in [-0.3, -0.25) is 9.69 Å². The zero-order valence-electron chi connectivity index (χ0n) is 12.8. The van der Waals surface area contributed by atoms with Crippen molar-refractivity contribution < 1.29 is 14.3 Å². The predicted molar refractivity (Wildman–Crippen MR) is 92.1 cm³/mol. The van der Waals surface area contributed by atoms with Crippen LogP contribution in [0.2, 0.25) is 10.0 Å². The van der Waals surface area contributed by atoms with Crippen LogP contribution in [0.25, 0.3) is 0 Å². The zero-order chi connectivity index (χ0) is 17.3. The lowest BCUT2D eigenvalue weighted by Crippen LogP contribution is -2.39. The van der Waals surface area contributed by atoms with Crippen molar-refractivity contribution in [2.45, 2.75) is 24.9 Å². The van der Waals surface area contributed by atoms with Gasteiger partial charge in [-0.25, -0.2) is 4.39 Å². The molecule has 0 bridgehead atoms. The van der Waals surface area contributed by atoms with Gasteiger partial charge in [0, 0.05) is 6.54 Å². The molecule has 1 aliphatic rings. The van der Waals surface area contributed by atoms with E-state index in [1.165, 1.54) is 12.1 Å². The van der Waals surface area contributed by atoms with Crippen molar-refractivity contribution in [3.05, 3.63) is 69.5 Å². The van der Waals surface area contributed by atoms with E-state index in [0.29, 0.717) is 34.1 Å². The molecule has 0 aliphatic carbocycles. The van der Waals surface area contributed by atoms with E-state index in [1.807, 2.05) is 4.90 Å². The maximum atomic E-state index is 13.8. The summed E-state index contributed by atoms with van der Waals surface area (Å²) in [6.45, 7) is 0.598. The topological polar surface area (TPSA) is 40.5 Å². The van der Waals surface area contributed by atoms with Crippen LogP contribution in [-0.4, -0.2) is 28.6 Å². The lowest BCUT2D eigenvalue weighted by Gasteiger charge is -2.32. The summed E-state index contributed by atoms with van der Waals surface area (Å²) < 4.78 is 13.8. The molecular weight excluding hydrogens is 352 g/mol. The second kappa shape index (κ2) is 7.09. The van der Waals surface area contributed by atoms with Crippen molar-refractivity contribution in [3.8, 4) is 0 Å².